The standard InChI is InChI=1S/C21H18ClN3O5S/c22-16-9-11-19(12-10-16)31(29,30)24-20(15-5-2-1-3-6-15)14-21(26)23-17-7-4-8-18(13-17)25(27)28/h1-13,20,24H,14H2,(H,23,26). The van der Waals surface area contributed by atoms with E-state index < -0.39 is 26.9 Å². The van der Waals surface area contributed by atoms with Gasteiger partial charge in [-0.25, -0.2) is 13.1 Å². The van der Waals surface area contributed by atoms with Crippen LogP contribution in [0.2, 0.25) is 5.02 Å². The molecule has 0 aromatic heterocycles. The van der Waals surface area contributed by atoms with Crippen molar-refractivity contribution in [2.24, 2.45) is 0 Å². The van der Waals surface area contributed by atoms with Gasteiger partial charge in [-0.15, -0.1) is 0 Å². The fourth-order valence-electron chi connectivity index (χ4n) is 2.88. The molecule has 3 rings (SSSR count). The number of halogens is 1. The summed E-state index contributed by atoms with van der Waals surface area (Å²) in [6.07, 6.45) is -0.223. The molecular formula is C21H18ClN3O5S. The Balaban J connectivity index is 1.81. The molecule has 1 unspecified atom stereocenters. The number of amides is 1. The first-order valence-corrected chi connectivity index (χ1v) is 11.0. The first-order valence-electron chi connectivity index (χ1n) is 9.12. The van der Waals surface area contributed by atoms with Gasteiger partial charge in [-0.3, -0.25) is 14.9 Å². The number of nitrogens with zero attached hydrogens (tertiary/aromatic N) is 1. The lowest BCUT2D eigenvalue weighted by Crippen LogP contribution is -2.31. The highest BCUT2D eigenvalue weighted by molar-refractivity contribution is 7.89. The molecule has 1 amide bonds. The number of hydrogen-bond acceptors (Lipinski definition) is 5. The quantitative estimate of drug-likeness (QED) is 0.384. The van der Waals surface area contributed by atoms with Crippen LogP contribution in [-0.2, 0) is 14.8 Å². The lowest BCUT2D eigenvalue weighted by Gasteiger charge is -2.19. The third-order valence-electron chi connectivity index (χ3n) is 4.35. The van der Waals surface area contributed by atoms with Crippen molar-refractivity contribution in [3.05, 3.63) is 99.6 Å². The van der Waals surface area contributed by atoms with Gasteiger partial charge < -0.3 is 5.32 Å². The van der Waals surface area contributed by atoms with Gasteiger partial charge in [-0.05, 0) is 35.9 Å². The maximum Gasteiger partial charge on any atom is 0.271 e. The van der Waals surface area contributed by atoms with Crippen molar-refractivity contribution in [2.75, 3.05) is 5.32 Å². The van der Waals surface area contributed by atoms with Crippen LogP contribution in [0.25, 0.3) is 0 Å². The zero-order valence-electron chi connectivity index (χ0n) is 16.1. The second-order valence-corrected chi connectivity index (χ2v) is 8.75. The minimum Gasteiger partial charge on any atom is -0.326 e. The van der Waals surface area contributed by atoms with E-state index in [-0.39, 0.29) is 22.7 Å². The number of rotatable bonds is 8. The molecule has 31 heavy (non-hydrogen) atoms. The Hall–Kier alpha value is -3.27. The Morgan fingerprint density at radius 1 is 1.00 bits per heavy atom. The number of sulfonamides is 1. The van der Waals surface area contributed by atoms with Crippen molar-refractivity contribution in [2.45, 2.75) is 17.4 Å². The molecule has 0 radical (unpaired) electrons. The summed E-state index contributed by atoms with van der Waals surface area (Å²) in [7, 11) is -3.94. The molecule has 0 aliphatic heterocycles. The third-order valence-corrected chi connectivity index (χ3v) is 6.09. The van der Waals surface area contributed by atoms with Crippen molar-refractivity contribution >= 4 is 38.9 Å². The van der Waals surface area contributed by atoms with Crippen molar-refractivity contribution < 1.29 is 18.1 Å². The number of benzene rings is 3. The predicted octanol–water partition coefficient (Wildman–Crippen LogP) is 4.30. The number of anilines is 1. The van der Waals surface area contributed by atoms with Gasteiger partial charge in [0.15, 0.2) is 0 Å². The maximum absolute atomic E-state index is 12.8. The molecule has 1 atom stereocenters. The first kappa shape index (κ1) is 22.4. The molecule has 8 nitrogen and oxygen atoms in total. The zero-order valence-corrected chi connectivity index (χ0v) is 17.6. The van der Waals surface area contributed by atoms with Crippen LogP contribution in [0.4, 0.5) is 11.4 Å². The second-order valence-electron chi connectivity index (χ2n) is 6.60. The summed E-state index contributed by atoms with van der Waals surface area (Å²) in [4.78, 5) is 23.0. The number of nitrogens with one attached hydrogen (secondary N) is 2. The molecule has 0 saturated carbocycles. The van der Waals surface area contributed by atoms with Crippen molar-refractivity contribution in [1.29, 1.82) is 0 Å². The normalized spacial score (nSPS) is 12.2. The van der Waals surface area contributed by atoms with E-state index >= 15 is 0 Å². The molecule has 3 aromatic rings. The van der Waals surface area contributed by atoms with E-state index in [0.29, 0.717) is 10.6 Å². The summed E-state index contributed by atoms with van der Waals surface area (Å²) in [5.41, 5.74) is 0.668. The van der Waals surface area contributed by atoms with Gasteiger partial charge in [0.25, 0.3) is 5.69 Å². The topological polar surface area (TPSA) is 118 Å². The molecule has 0 saturated heterocycles. The Morgan fingerprint density at radius 2 is 1.68 bits per heavy atom. The highest BCUT2D eigenvalue weighted by Crippen LogP contribution is 2.23. The average Bonchev–Trinajstić information content (AvgIpc) is 2.74. The summed E-state index contributed by atoms with van der Waals surface area (Å²) in [6, 6.07) is 19.0. The molecular weight excluding hydrogens is 442 g/mol. The van der Waals surface area contributed by atoms with E-state index in [1.807, 2.05) is 0 Å². The van der Waals surface area contributed by atoms with E-state index in [4.69, 9.17) is 11.6 Å². The summed E-state index contributed by atoms with van der Waals surface area (Å²) in [5.74, 6) is -0.506. The van der Waals surface area contributed by atoms with Crippen LogP contribution < -0.4 is 10.0 Å². The lowest BCUT2D eigenvalue weighted by atomic mass is 10.0. The lowest BCUT2D eigenvalue weighted by molar-refractivity contribution is -0.384. The van der Waals surface area contributed by atoms with Crippen molar-refractivity contribution in [3.63, 3.8) is 0 Å². The summed E-state index contributed by atoms with van der Waals surface area (Å²) in [5, 5.41) is 13.9. The number of carbonyl (C=O) groups is 1. The summed E-state index contributed by atoms with van der Waals surface area (Å²) in [6.45, 7) is 0. The highest BCUT2D eigenvalue weighted by atomic mass is 35.5. The van der Waals surface area contributed by atoms with E-state index in [0.717, 1.165) is 0 Å². The molecule has 2 N–H and O–H groups in total. The molecule has 0 aliphatic carbocycles. The Bertz CT molecular complexity index is 1190. The largest absolute Gasteiger partial charge is 0.326 e. The van der Waals surface area contributed by atoms with Crippen LogP contribution in [0.1, 0.15) is 18.0 Å². The van der Waals surface area contributed by atoms with Crippen LogP contribution in [0.5, 0.6) is 0 Å². The van der Waals surface area contributed by atoms with E-state index in [1.165, 1.54) is 48.5 Å². The minimum absolute atomic E-state index is 0.0110. The number of hydrogen-bond donors (Lipinski definition) is 2. The number of nitro benzene ring substituents is 1. The van der Waals surface area contributed by atoms with Crippen LogP contribution in [0.15, 0.2) is 83.8 Å². The molecule has 10 heteroatoms. The van der Waals surface area contributed by atoms with Gasteiger partial charge in [0.2, 0.25) is 15.9 Å². The van der Waals surface area contributed by atoms with E-state index in [1.54, 1.807) is 30.3 Å². The van der Waals surface area contributed by atoms with Gasteiger partial charge >= 0.3 is 0 Å². The SMILES string of the molecule is O=C(CC(NS(=O)(=O)c1ccc(Cl)cc1)c1ccccc1)Nc1cccc([N+](=O)[O-])c1. The molecule has 0 fully saturated rings. The van der Waals surface area contributed by atoms with Gasteiger partial charge in [-0.1, -0.05) is 48.0 Å². The summed E-state index contributed by atoms with van der Waals surface area (Å²) >= 11 is 5.83. The number of carbonyl (C=O) groups excluding carboxylic acids is 1. The number of non-ortho nitro benzene ring substituents is 1. The average molecular weight is 460 g/mol. The smallest absolute Gasteiger partial charge is 0.271 e. The Labute approximate surface area is 184 Å². The fourth-order valence-corrected chi connectivity index (χ4v) is 4.23. The molecule has 0 heterocycles. The van der Waals surface area contributed by atoms with Crippen LogP contribution >= 0.6 is 11.6 Å². The van der Waals surface area contributed by atoms with Gasteiger partial charge in [0.05, 0.1) is 15.9 Å². The van der Waals surface area contributed by atoms with Gasteiger partial charge in [-0.2, -0.15) is 0 Å². The van der Waals surface area contributed by atoms with Crippen LogP contribution in [0, 0.1) is 10.1 Å². The molecule has 0 aliphatic rings. The summed E-state index contributed by atoms with van der Waals surface area (Å²) < 4.78 is 28.2. The predicted molar refractivity (Wildman–Crippen MR) is 117 cm³/mol. The molecule has 3 aromatic carbocycles. The van der Waals surface area contributed by atoms with Gasteiger partial charge in [0, 0.05) is 29.3 Å². The van der Waals surface area contributed by atoms with Crippen molar-refractivity contribution in [3.8, 4) is 0 Å². The molecule has 160 valence electrons. The zero-order chi connectivity index (χ0) is 22.4. The Kier molecular flexibility index (Phi) is 7.01. The molecule has 0 spiro atoms. The van der Waals surface area contributed by atoms with Gasteiger partial charge in [0.1, 0.15) is 0 Å². The Morgan fingerprint density at radius 3 is 2.32 bits per heavy atom. The third kappa shape index (κ3) is 6.11. The molecule has 0 bridgehead atoms. The van der Waals surface area contributed by atoms with E-state index in [2.05, 4.69) is 10.0 Å². The minimum atomic E-state index is -3.94. The van der Waals surface area contributed by atoms with Crippen LogP contribution in [-0.4, -0.2) is 19.2 Å². The van der Waals surface area contributed by atoms with Crippen molar-refractivity contribution in [1.82, 2.24) is 4.72 Å². The maximum atomic E-state index is 12.8. The second kappa shape index (κ2) is 9.69. The monoisotopic (exact) mass is 459 g/mol. The van der Waals surface area contributed by atoms with E-state index in [9.17, 15) is 23.3 Å². The highest BCUT2D eigenvalue weighted by Gasteiger charge is 2.24. The van der Waals surface area contributed by atoms with Crippen LogP contribution in [0.3, 0.4) is 0 Å². The fraction of sp³-hybridized carbons (Fsp3) is 0.0952. The number of nitro groups is 1. The first-order chi connectivity index (χ1) is 14.7.